The molecule has 4 aliphatic rings. The molecular weight excluding hydrogens is 351 g/mol. The molecule has 0 bridgehead atoms. The van der Waals surface area contributed by atoms with Crippen LogP contribution >= 0.6 is 0 Å². The minimum absolute atomic E-state index is 0.0461. The van der Waals surface area contributed by atoms with Gasteiger partial charge in [-0.15, -0.1) is 0 Å². The lowest BCUT2D eigenvalue weighted by molar-refractivity contribution is -0.180. The second-order valence-corrected chi connectivity index (χ2v) is 9.27. The number of ketones is 2. The summed E-state index contributed by atoms with van der Waals surface area (Å²) in [5, 5.41) is 31.6. The smallest absolute Gasteiger partial charge is 0.190 e. The normalized spacial score (nSPS) is 48.9. The van der Waals surface area contributed by atoms with Gasteiger partial charge in [0.05, 0.1) is 6.10 Å². The van der Waals surface area contributed by atoms with Crippen molar-refractivity contribution in [2.75, 3.05) is 6.61 Å². The van der Waals surface area contributed by atoms with Crippen molar-refractivity contribution in [2.24, 2.45) is 28.6 Å². The highest BCUT2D eigenvalue weighted by molar-refractivity contribution is 6.01. The minimum Gasteiger partial charge on any atom is -0.393 e. The van der Waals surface area contributed by atoms with Crippen LogP contribution in [0.15, 0.2) is 23.6 Å². The summed E-state index contributed by atoms with van der Waals surface area (Å²) in [6, 6.07) is 0. The van der Waals surface area contributed by atoms with Crippen LogP contribution in [0.25, 0.3) is 0 Å². The van der Waals surface area contributed by atoms with E-state index in [0.29, 0.717) is 19.3 Å². The van der Waals surface area contributed by atoms with Crippen molar-refractivity contribution in [1.29, 1.82) is 0 Å². The first kappa shape index (κ1) is 19.0. The number of carbonyl (C=O) groups is 2. The van der Waals surface area contributed by atoms with E-state index in [2.05, 4.69) is 0 Å². The Kier molecular flexibility index (Phi) is 4.09. The van der Waals surface area contributed by atoms with E-state index in [4.69, 9.17) is 0 Å². The van der Waals surface area contributed by atoms with Crippen LogP contribution in [-0.2, 0) is 9.59 Å². The van der Waals surface area contributed by atoms with Gasteiger partial charge in [-0.1, -0.05) is 12.5 Å². The molecule has 3 fully saturated rings. The van der Waals surface area contributed by atoms with Gasteiger partial charge < -0.3 is 15.3 Å². The first-order valence-electron chi connectivity index (χ1n) is 9.77. The second kappa shape index (κ2) is 5.82. The molecule has 0 saturated heterocycles. The third kappa shape index (κ3) is 2.21. The van der Waals surface area contributed by atoms with E-state index in [1.54, 1.807) is 6.92 Å². The molecular formula is C21H27FO5. The maximum atomic E-state index is 15.0. The summed E-state index contributed by atoms with van der Waals surface area (Å²) in [6.07, 6.45) is 3.89. The van der Waals surface area contributed by atoms with Crippen LogP contribution < -0.4 is 0 Å². The summed E-state index contributed by atoms with van der Waals surface area (Å²) in [6.45, 7) is 2.86. The summed E-state index contributed by atoms with van der Waals surface area (Å²) in [4.78, 5) is 24.1. The van der Waals surface area contributed by atoms with Crippen LogP contribution in [0.5, 0.6) is 0 Å². The fraction of sp³-hybridized carbons (Fsp3) is 0.714. The molecule has 27 heavy (non-hydrogen) atoms. The lowest BCUT2D eigenvalue weighted by atomic mass is 9.46. The fourth-order valence-electron chi connectivity index (χ4n) is 6.98. The molecule has 0 unspecified atom stereocenters. The molecule has 0 amide bonds. The molecule has 0 aromatic heterocycles. The third-order valence-corrected chi connectivity index (χ3v) is 8.37. The van der Waals surface area contributed by atoms with Crippen molar-refractivity contribution < 1.29 is 29.3 Å². The Bertz CT molecular complexity index is 773. The van der Waals surface area contributed by atoms with Gasteiger partial charge in [0.2, 0.25) is 0 Å². The van der Waals surface area contributed by atoms with Gasteiger partial charge in [0.25, 0.3) is 0 Å². The van der Waals surface area contributed by atoms with Crippen LogP contribution in [0.1, 0.15) is 46.0 Å². The molecule has 0 spiro atoms. The highest BCUT2D eigenvalue weighted by Gasteiger charge is 2.68. The Morgan fingerprint density at radius 1 is 1.30 bits per heavy atom. The molecule has 7 atom stereocenters. The first-order chi connectivity index (χ1) is 12.6. The van der Waals surface area contributed by atoms with Crippen LogP contribution in [0.4, 0.5) is 4.39 Å². The molecule has 3 N–H and O–H groups in total. The SMILES string of the molecule is C[C@]12C(F)=CC(=O)C=C1CC[C@@H]1[C@@H]2[C@@H](O)C[C@@]2(C)[C@H]1CC[C@]2(O)C(=O)CO. The molecule has 3 saturated carbocycles. The number of halogens is 1. The number of fused-ring (bicyclic) bond motifs is 5. The number of aliphatic hydroxyl groups is 3. The van der Waals surface area contributed by atoms with E-state index in [1.165, 1.54) is 6.08 Å². The van der Waals surface area contributed by atoms with Crippen molar-refractivity contribution in [1.82, 2.24) is 0 Å². The third-order valence-electron chi connectivity index (χ3n) is 8.37. The Morgan fingerprint density at radius 3 is 2.67 bits per heavy atom. The lowest BCUT2D eigenvalue weighted by Crippen LogP contribution is -2.62. The van der Waals surface area contributed by atoms with Gasteiger partial charge in [0.1, 0.15) is 18.0 Å². The highest BCUT2D eigenvalue weighted by atomic mass is 19.1. The maximum absolute atomic E-state index is 15.0. The Morgan fingerprint density at radius 2 is 2.00 bits per heavy atom. The standard InChI is InChI=1S/C21H27FO5/c1-19-9-15(25)18-13(14(19)5-6-21(19,27)17(26)10-23)4-3-11-7-12(24)8-16(22)20(11,18)2/h7-8,13-15,18,23,25,27H,3-6,9-10H2,1-2H3/t13-,14-,15-,18+,19-,20+,21-/m0/s1. The molecule has 0 heterocycles. The zero-order valence-corrected chi connectivity index (χ0v) is 15.7. The van der Waals surface area contributed by atoms with E-state index in [0.717, 1.165) is 11.6 Å². The molecule has 148 valence electrons. The Balaban J connectivity index is 1.77. The zero-order valence-electron chi connectivity index (χ0n) is 15.7. The average molecular weight is 378 g/mol. The van der Waals surface area contributed by atoms with Gasteiger partial charge in [-0.2, -0.15) is 0 Å². The molecule has 0 aliphatic heterocycles. The molecule has 5 nitrogen and oxygen atoms in total. The van der Waals surface area contributed by atoms with Crippen molar-refractivity contribution in [3.05, 3.63) is 23.6 Å². The highest BCUT2D eigenvalue weighted by Crippen LogP contribution is 2.68. The monoisotopic (exact) mass is 378 g/mol. The summed E-state index contributed by atoms with van der Waals surface area (Å²) < 4.78 is 15.0. The van der Waals surface area contributed by atoms with Gasteiger partial charge in [-0.25, -0.2) is 4.39 Å². The first-order valence-corrected chi connectivity index (χ1v) is 9.77. The van der Waals surface area contributed by atoms with Crippen LogP contribution in [0.3, 0.4) is 0 Å². The number of aliphatic hydroxyl groups excluding tert-OH is 2. The predicted octanol–water partition coefficient (Wildman–Crippen LogP) is 1.85. The largest absolute Gasteiger partial charge is 0.393 e. The number of Topliss-reactive ketones (excluding diaryl/α,β-unsaturated/α-hetero) is 1. The number of hydrogen-bond donors (Lipinski definition) is 3. The number of rotatable bonds is 2. The number of hydrogen-bond acceptors (Lipinski definition) is 5. The number of carbonyl (C=O) groups excluding carboxylic acids is 2. The quantitative estimate of drug-likeness (QED) is 0.682. The van der Waals surface area contributed by atoms with Gasteiger partial charge in [-0.3, -0.25) is 9.59 Å². The van der Waals surface area contributed by atoms with Crippen molar-refractivity contribution >= 4 is 11.6 Å². The topological polar surface area (TPSA) is 94.8 Å². The van der Waals surface area contributed by atoms with Crippen molar-refractivity contribution in [3.8, 4) is 0 Å². The molecule has 0 radical (unpaired) electrons. The molecule has 0 aromatic rings. The minimum atomic E-state index is -1.66. The van der Waals surface area contributed by atoms with Crippen LogP contribution in [0, 0.1) is 28.6 Å². The summed E-state index contributed by atoms with van der Waals surface area (Å²) in [5.41, 5.74) is -2.79. The number of allylic oxidation sites excluding steroid dienone is 4. The van der Waals surface area contributed by atoms with Crippen LogP contribution in [0.2, 0.25) is 0 Å². The molecule has 4 rings (SSSR count). The summed E-state index contributed by atoms with van der Waals surface area (Å²) >= 11 is 0. The van der Waals surface area contributed by atoms with Gasteiger partial charge in [-0.05, 0) is 56.9 Å². The van der Waals surface area contributed by atoms with Crippen LogP contribution in [-0.4, -0.2) is 45.2 Å². The van der Waals surface area contributed by atoms with Crippen molar-refractivity contribution in [3.63, 3.8) is 0 Å². The summed E-state index contributed by atoms with van der Waals surface area (Å²) in [7, 11) is 0. The summed E-state index contributed by atoms with van der Waals surface area (Å²) in [5.74, 6) is -1.95. The lowest BCUT2D eigenvalue weighted by Gasteiger charge is -2.59. The molecule has 6 heteroatoms. The zero-order chi connectivity index (χ0) is 19.8. The maximum Gasteiger partial charge on any atom is 0.190 e. The van der Waals surface area contributed by atoms with E-state index >= 15 is 4.39 Å². The Hall–Kier alpha value is -1.37. The fourth-order valence-corrected chi connectivity index (χ4v) is 6.98. The average Bonchev–Trinajstić information content (AvgIpc) is 2.87. The van der Waals surface area contributed by atoms with E-state index in [1.807, 2.05) is 6.92 Å². The van der Waals surface area contributed by atoms with E-state index < -0.39 is 46.7 Å². The van der Waals surface area contributed by atoms with Gasteiger partial charge >= 0.3 is 0 Å². The molecule has 0 aromatic carbocycles. The van der Waals surface area contributed by atoms with Crippen molar-refractivity contribution in [2.45, 2.75) is 57.7 Å². The molecule has 4 aliphatic carbocycles. The van der Waals surface area contributed by atoms with E-state index in [-0.39, 0.29) is 30.5 Å². The second-order valence-electron chi connectivity index (χ2n) is 9.27. The Labute approximate surface area is 158 Å². The predicted molar refractivity (Wildman–Crippen MR) is 95.1 cm³/mol. The van der Waals surface area contributed by atoms with Gasteiger partial charge in [0.15, 0.2) is 11.6 Å². The van der Waals surface area contributed by atoms with Gasteiger partial charge in [0, 0.05) is 22.8 Å². The van der Waals surface area contributed by atoms with E-state index in [9.17, 15) is 24.9 Å².